The fourth-order valence-corrected chi connectivity index (χ4v) is 6.75. The molecule has 0 aromatic heterocycles. The number of halogens is 8. The third-order valence-corrected chi connectivity index (χ3v) is 9.62. The molecule has 2 N–H and O–H groups in total. The number of anilines is 1. The Kier molecular flexibility index (Phi) is 12.2. The molecule has 0 bridgehead atoms. The van der Waals surface area contributed by atoms with E-state index in [0.29, 0.717) is 10.4 Å². The molecule has 0 radical (unpaired) electrons. The fourth-order valence-electron chi connectivity index (χ4n) is 4.07. The average molecular weight is 758 g/mol. The van der Waals surface area contributed by atoms with Crippen molar-refractivity contribution in [3.63, 3.8) is 0 Å². The highest BCUT2D eigenvalue weighted by molar-refractivity contribution is 7.93. The van der Waals surface area contributed by atoms with Gasteiger partial charge in [-0.05, 0) is 61.5 Å². The van der Waals surface area contributed by atoms with E-state index in [1.165, 1.54) is 55.5 Å². The monoisotopic (exact) mass is 756 g/mol. The summed E-state index contributed by atoms with van der Waals surface area (Å²) in [5.74, 6) is -0.925. The number of sulfonamides is 2. The predicted molar refractivity (Wildman–Crippen MR) is 167 cm³/mol. The summed E-state index contributed by atoms with van der Waals surface area (Å²) >= 11 is 11.9. The average Bonchev–Trinajstić information content (AvgIpc) is 3.00. The van der Waals surface area contributed by atoms with Gasteiger partial charge >= 0.3 is 18.3 Å². The molecule has 0 aliphatic heterocycles. The third kappa shape index (κ3) is 9.63. The van der Waals surface area contributed by atoms with Crippen LogP contribution < -0.4 is 9.44 Å². The number of benzene rings is 4. The van der Waals surface area contributed by atoms with Crippen molar-refractivity contribution in [3.8, 4) is 11.1 Å². The highest BCUT2D eigenvalue weighted by Gasteiger charge is 2.35. The van der Waals surface area contributed by atoms with Crippen LogP contribution in [-0.2, 0) is 41.9 Å². The Balaban J connectivity index is 0.000000269. The first-order valence-corrected chi connectivity index (χ1v) is 17.0. The van der Waals surface area contributed by atoms with Crippen LogP contribution in [0, 0.1) is 0 Å². The lowest BCUT2D eigenvalue weighted by atomic mass is 10.0. The van der Waals surface area contributed by atoms with Gasteiger partial charge in [0.1, 0.15) is 6.54 Å². The fraction of sp³-hybridized carbons (Fsp3) is 0.167. The summed E-state index contributed by atoms with van der Waals surface area (Å²) in [6.07, 6.45) is -9.28. The molecule has 0 amide bonds. The molecular formula is C30H24Cl2F6N2O6S2. The van der Waals surface area contributed by atoms with Crippen molar-refractivity contribution in [3.05, 3.63) is 112 Å². The van der Waals surface area contributed by atoms with Crippen LogP contribution in [0.2, 0.25) is 10.0 Å². The molecule has 48 heavy (non-hydrogen) atoms. The highest BCUT2D eigenvalue weighted by atomic mass is 35.5. The van der Waals surface area contributed by atoms with Crippen LogP contribution in [0.4, 0.5) is 32.0 Å². The first-order valence-electron chi connectivity index (χ1n) is 13.3. The topological polar surface area (TPSA) is 124 Å². The third-order valence-electron chi connectivity index (χ3n) is 6.23. The van der Waals surface area contributed by atoms with Gasteiger partial charge in [0.15, 0.2) is 0 Å². The van der Waals surface area contributed by atoms with Gasteiger partial charge in [0.05, 0.1) is 38.2 Å². The highest BCUT2D eigenvalue weighted by Crippen LogP contribution is 2.39. The van der Waals surface area contributed by atoms with Crippen LogP contribution in [-0.4, -0.2) is 36.0 Å². The lowest BCUT2D eigenvalue weighted by Crippen LogP contribution is -2.37. The molecule has 8 nitrogen and oxygen atoms in total. The van der Waals surface area contributed by atoms with Crippen LogP contribution in [0.5, 0.6) is 0 Å². The summed E-state index contributed by atoms with van der Waals surface area (Å²) in [5, 5.41) is 4.82. The van der Waals surface area contributed by atoms with Gasteiger partial charge in [-0.15, -0.1) is 0 Å². The number of alkyl halides is 6. The molecule has 4 rings (SSSR count). The van der Waals surface area contributed by atoms with E-state index in [2.05, 4.69) is 0 Å². The molecule has 0 unspecified atom stereocenters. The summed E-state index contributed by atoms with van der Waals surface area (Å²) in [4.78, 5) is 11.4. The summed E-state index contributed by atoms with van der Waals surface area (Å²) in [7, 11) is -8.46. The van der Waals surface area contributed by atoms with Gasteiger partial charge in [-0.25, -0.2) is 22.0 Å². The minimum Gasteiger partial charge on any atom is -0.465 e. The van der Waals surface area contributed by atoms with Crippen molar-refractivity contribution >= 4 is 54.9 Å². The zero-order valence-electron chi connectivity index (χ0n) is 24.4. The quantitative estimate of drug-likeness (QED) is 0.145. The van der Waals surface area contributed by atoms with Crippen LogP contribution in [0.1, 0.15) is 18.1 Å². The van der Waals surface area contributed by atoms with E-state index in [4.69, 9.17) is 33.1 Å². The van der Waals surface area contributed by atoms with Crippen molar-refractivity contribution < 1.29 is 52.7 Å². The zero-order valence-corrected chi connectivity index (χ0v) is 27.5. The van der Waals surface area contributed by atoms with Gasteiger partial charge in [-0.3, -0.25) is 9.10 Å². The minimum absolute atomic E-state index is 0.000833. The molecule has 0 atom stereocenters. The number of esters is 1. The number of ether oxygens (including phenoxy) is 1. The van der Waals surface area contributed by atoms with Crippen molar-refractivity contribution in [2.45, 2.75) is 29.1 Å². The number of rotatable bonds is 8. The number of hydrogen-bond acceptors (Lipinski definition) is 6. The Labute approximate surface area is 281 Å². The lowest BCUT2D eigenvalue weighted by molar-refractivity contribution is -0.141. The van der Waals surface area contributed by atoms with E-state index in [1.807, 2.05) is 0 Å². The number of nitrogens with zero attached hydrogens (tertiary/aromatic N) is 1. The Bertz CT molecular complexity index is 1990. The number of carbonyl (C=O) groups excluding carboxylic acids is 1. The van der Waals surface area contributed by atoms with Crippen molar-refractivity contribution in [1.29, 1.82) is 0 Å². The van der Waals surface area contributed by atoms with E-state index in [-0.39, 0.29) is 37.6 Å². The van der Waals surface area contributed by atoms with Crippen molar-refractivity contribution in [2.75, 3.05) is 17.5 Å². The van der Waals surface area contributed by atoms with Gasteiger partial charge in [0.2, 0.25) is 10.0 Å². The Morgan fingerprint density at radius 3 is 1.81 bits per heavy atom. The SMILES string of the molecule is CCOC(=O)CN(c1cc(C(F)(F)F)ccc1Cl)S(=O)(=O)c1ccccc1.NS(=O)(=O)c1ccccc1-c1cc(C(F)(F)F)ccc1Cl. The Hall–Kier alpha value is -3.83. The minimum atomic E-state index is -4.72. The molecule has 0 aliphatic rings. The second-order valence-corrected chi connectivity index (χ2v) is 13.7. The van der Waals surface area contributed by atoms with E-state index >= 15 is 0 Å². The summed E-state index contributed by atoms with van der Waals surface area (Å²) in [5.41, 5.74) is -2.51. The maximum atomic E-state index is 13.1. The lowest BCUT2D eigenvalue weighted by Gasteiger charge is -2.25. The maximum absolute atomic E-state index is 13.1. The second kappa shape index (κ2) is 15.2. The molecule has 0 fully saturated rings. The zero-order chi connectivity index (χ0) is 36.1. The molecule has 4 aromatic rings. The van der Waals surface area contributed by atoms with Gasteiger partial charge in [0.25, 0.3) is 10.0 Å². The van der Waals surface area contributed by atoms with Crippen LogP contribution >= 0.6 is 23.2 Å². The van der Waals surface area contributed by atoms with Gasteiger partial charge in [0, 0.05) is 16.1 Å². The van der Waals surface area contributed by atoms with Crippen LogP contribution in [0.3, 0.4) is 0 Å². The number of primary sulfonamides is 1. The molecule has 18 heteroatoms. The molecule has 258 valence electrons. The van der Waals surface area contributed by atoms with Gasteiger partial charge < -0.3 is 4.74 Å². The number of hydrogen-bond donors (Lipinski definition) is 1. The smallest absolute Gasteiger partial charge is 0.416 e. The van der Waals surface area contributed by atoms with Gasteiger partial charge in [-0.2, -0.15) is 26.3 Å². The molecular weight excluding hydrogens is 733 g/mol. The van der Waals surface area contributed by atoms with Crippen molar-refractivity contribution in [1.82, 2.24) is 0 Å². The van der Waals surface area contributed by atoms with E-state index in [9.17, 15) is 48.0 Å². The second-order valence-electron chi connectivity index (χ2n) is 9.53. The maximum Gasteiger partial charge on any atom is 0.416 e. The van der Waals surface area contributed by atoms with Crippen molar-refractivity contribution in [2.24, 2.45) is 5.14 Å². The Morgan fingerprint density at radius 2 is 1.27 bits per heavy atom. The van der Waals surface area contributed by atoms with E-state index in [0.717, 1.165) is 30.3 Å². The normalized spacial score (nSPS) is 12.1. The molecule has 0 heterocycles. The predicted octanol–water partition coefficient (Wildman–Crippen LogP) is 7.79. The first kappa shape index (κ1) is 38.6. The summed E-state index contributed by atoms with van der Waals surface area (Å²) in [6, 6.07) is 17.4. The standard InChI is InChI=1S/C17H15ClF3NO4S.C13H9ClF3NO2S/c1-2-26-16(23)11-22(27(24,25)13-6-4-3-5-7-13)15-10-12(17(19,20)21)8-9-14(15)18;14-11-6-5-8(13(15,16)17)7-10(11)9-3-1-2-4-12(9)21(18,19)20/h3-10H,2,11H2,1H3;1-7H,(H2,18,19,20). The first-order chi connectivity index (χ1) is 22.2. The molecule has 0 saturated carbocycles. The summed E-state index contributed by atoms with van der Waals surface area (Å²) < 4.78 is 132. The van der Waals surface area contributed by atoms with E-state index < -0.39 is 61.7 Å². The summed E-state index contributed by atoms with van der Waals surface area (Å²) in [6.45, 7) is 0.672. The van der Waals surface area contributed by atoms with Gasteiger partial charge in [-0.1, -0.05) is 59.6 Å². The molecule has 0 saturated heterocycles. The number of nitrogens with two attached hydrogens (primary N) is 1. The largest absolute Gasteiger partial charge is 0.465 e. The molecule has 0 aliphatic carbocycles. The molecule has 4 aromatic carbocycles. The van der Waals surface area contributed by atoms with Crippen LogP contribution in [0.15, 0.2) is 101 Å². The van der Waals surface area contributed by atoms with E-state index in [1.54, 1.807) is 6.07 Å². The number of carbonyl (C=O) groups is 1. The Morgan fingerprint density at radius 1 is 0.750 bits per heavy atom. The molecule has 0 spiro atoms. The van der Waals surface area contributed by atoms with Crippen LogP contribution in [0.25, 0.3) is 11.1 Å².